The third-order valence-corrected chi connectivity index (χ3v) is 10.7. The molecule has 0 saturated carbocycles. The first-order chi connectivity index (χ1) is 24.0. The molecular formula is C47H33NO. The summed E-state index contributed by atoms with van der Waals surface area (Å²) < 4.78 is 6.52. The van der Waals surface area contributed by atoms with E-state index in [9.17, 15) is 0 Å². The summed E-state index contributed by atoms with van der Waals surface area (Å²) in [6, 6.07) is 59.5. The van der Waals surface area contributed by atoms with Gasteiger partial charge in [0.25, 0.3) is 0 Å². The molecule has 0 saturated heterocycles. The number of fused-ring (bicyclic) bond motifs is 9. The molecule has 0 bridgehead atoms. The molecule has 232 valence electrons. The second-order valence-electron chi connectivity index (χ2n) is 13.8. The number of hydrogen-bond acceptors (Lipinski definition) is 2. The SMILES string of the molecule is CC1(C)c2ccccc2-c2ccc(N(c3ccc(-c4cccc5ccccc45)cc3)c3ccc4ccc5c6ccccc6oc5c4c3)cc21. The van der Waals surface area contributed by atoms with Gasteiger partial charge in [0, 0.05) is 38.6 Å². The Morgan fingerprint density at radius 1 is 0.429 bits per heavy atom. The lowest BCUT2D eigenvalue weighted by molar-refractivity contribution is 0.660. The van der Waals surface area contributed by atoms with Crippen LogP contribution in [0.15, 0.2) is 168 Å². The summed E-state index contributed by atoms with van der Waals surface area (Å²) >= 11 is 0. The van der Waals surface area contributed by atoms with E-state index in [0.717, 1.165) is 49.8 Å². The molecule has 1 heterocycles. The summed E-state index contributed by atoms with van der Waals surface area (Å²) in [6.45, 7) is 4.69. The number of benzene rings is 8. The number of anilines is 3. The van der Waals surface area contributed by atoms with Crippen LogP contribution in [0.25, 0.3) is 65.7 Å². The number of furan rings is 1. The van der Waals surface area contributed by atoms with Crippen molar-refractivity contribution in [1.82, 2.24) is 0 Å². The molecule has 2 heteroatoms. The minimum atomic E-state index is -0.102. The fourth-order valence-corrected chi connectivity index (χ4v) is 8.18. The Morgan fingerprint density at radius 3 is 1.96 bits per heavy atom. The molecule has 0 unspecified atom stereocenters. The lowest BCUT2D eigenvalue weighted by Crippen LogP contribution is -2.16. The van der Waals surface area contributed by atoms with Crippen molar-refractivity contribution in [3.8, 4) is 22.3 Å². The summed E-state index contributed by atoms with van der Waals surface area (Å²) in [5.74, 6) is 0. The van der Waals surface area contributed by atoms with Crippen LogP contribution in [0.3, 0.4) is 0 Å². The fourth-order valence-electron chi connectivity index (χ4n) is 8.18. The predicted molar refractivity (Wildman–Crippen MR) is 206 cm³/mol. The van der Waals surface area contributed by atoms with E-state index in [4.69, 9.17) is 4.42 Å². The van der Waals surface area contributed by atoms with E-state index >= 15 is 0 Å². The van der Waals surface area contributed by atoms with Crippen LogP contribution in [0.2, 0.25) is 0 Å². The second-order valence-corrected chi connectivity index (χ2v) is 13.8. The van der Waals surface area contributed by atoms with Gasteiger partial charge in [-0.3, -0.25) is 0 Å². The molecule has 49 heavy (non-hydrogen) atoms. The normalized spacial score (nSPS) is 13.3. The third kappa shape index (κ3) is 4.20. The standard InChI is InChI=1S/C47H33NO/c1-47(2)43-16-7-5-13-38(43)39-27-25-35(29-44(39)47)48(33-22-18-31(19-23-33)37-15-9-11-30-10-3-4-12-36(30)37)34-24-20-32-21-26-41-40-14-6-8-17-45(40)49-46(41)42(32)28-34/h3-29H,1-2H3. The van der Waals surface area contributed by atoms with Gasteiger partial charge < -0.3 is 9.32 Å². The van der Waals surface area contributed by atoms with Crippen molar-refractivity contribution in [2.24, 2.45) is 0 Å². The Bertz CT molecular complexity index is 2740. The van der Waals surface area contributed by atoms with Crippen molar-refractivity contribution in [2.75, 3.05) is 4.90 Å². The van der Waals surface area contributed by atoms with E-state index in [-0.39, 0.29) is 5.41 Å². The molecule has 1 aliphatic carbocycles. The molecule has 2 nitrogen and oxygen atoms in total. The van der Waals surface area contributed by atoms with Crippen LogP contribution in [-0.4, -0.2) is 0 Å². The van der Waals surface area contributed by atoms with Crippen LogP contribution in [0.5, 0.6) is 0 Å². The van der Waals surface area contributed by atoms with Gasteiger partial charge in [-0.2, -0.15) is 0 Å². The van der Waals surface area contributed by atoms with E-state index in [2.05, 4.69) is 176 Å². The first-order valence-electron chi connectivity index (χ1n) is 17.0. The van der Waals surface area contributed by atoms with Gasteiger partial charge in [0.2, 0.25) is 0 Å². The summed E-state index contributed by atoms with van der Waals surface area (Å²) in [7, 11) is 0. The van der Waals surface area contributed by atoms with Gasteiger partial charge in [0.15, 0.2) is 0 Å². The Morgan fingerprint density at radius 2 is 1.06 bits per heavy atom. The quantitative estimate of drug-likeness (QED) is 0.193. The maximum Gasteiger partial charge on any atom is 0.143 e. The van der Waals surface area contributed by atoms with E-state index < -0.39 is 0 Å². The van der Waals surface area contributed by atoms with Crippen molar-refractivity contribution in [3.05, 3.63) is 175 Å². The molecule has 0 atom stereocenters. The van der Waals surface area contributed by atoms with Crippen molar-refractivity contribution in [2.45, 2.75) is 19.3 Å². The molecule has 0 aliphatic heterocycles. The van der Waals surface area contributed by atoms with Gasteiger partial charge in [-0.15, -0.1) is 0 Å². The maximum absolute atomic E-state index is 6.52. The van der Waals surface area contributed by atoms with Crippen molar-refractivity contribution in [1.29, 1.82) is 0 Å². The van der Waals surface area contributed by atoms with E-state index in [1.54, 1.807) is 0 Å². The van der Waals surface area contributed by atoms with Gasteiger partial charge in [-0.1, -0.05) is 129 Å². The van der Waals surface area contributed by atoms with E-state index in [1.165, 1.54) is 44.2 Å². The van der Waals surface area contributed by atoms with Crippen molar-refractivity contribution in [3.63, 3.8) is 0 Å². The summed E-state index contributed by atoms with van der Waals surface area (Å²) in [6.07, 6.45) is 0. The highest BCUT2D eigenvalue weighted by Crippen LogP contribution is 2.51. The van der Waals surface area contributed by atoms with Gasteiger partial charge in [-0.25, -0.2) is 0 Å². The highest BCUT2D eigenvalue weighted by Gasteiger charge is 2.35. The van der Waals surface area contributed by atoms with Crippen LogP contribution in [0.1, 0.15) is 25.0 Å². The molecule has 0 fully saturated rings. The molecule has 9 aromatic rings. The summed E-state index contributed by atoms with van der Waals surface area (Å²) in [5, 5.41) is 7.07. The molecule has 1 aromatic heterocycles. The number of hydrogen-bond donors (Lipinski definition) is 0. The van der Waals surface area contributed by atoms with Gasteiger partial charge >= 0.3 is 0 Å². The van der Waals surface area contributed by atoms with Crippen LogP contribution in [0.4, 0.5) is 17.1 Å². The molecule has 0 N–H and O–H groups in total. The minimum absolute atomic E-state index is 0.102. The van der Waals surface area contributed by atoms with E-state index in [1.807, 2.05) is 6.07 Å². The number of nitrogens with zero attached hydrogens (tertiary/aromatic N) is 1. The van der Waals surface area contributed by atoms with Crippen LogP contribution >= 0.6 is 0 Å². The molecule has 0 radical (unpaired) electrons. The molecule has 0 amide bonds. The predicted octanol–water partition coefficient (Wildman–Crippen LogP) is 13.3. The first-order valence-corrected chi connectivity index (χ1v) is 17.0. The highest BCUT2D eigenvalue weighted by atomic mass is 16.3. The smallest absolute Gasteiger partial charge is 0.143 e. The average Bonchev–Trinajstić information content (AvgIpc) is 3.64. The zero-order valence-corrected chi connectivity index (χ0v) is 27.4. The number of para-hydroxylation sites is 1. The van der Waals surface area contributed by atoms with Gasteiger partial charge in [0.1, 0.15) is 11.2 Å². The molecule has 8 aromatic carbocycles. The van der Waals surface area contributed by atoms with Crippen LogP contribution < -0.4 is 4.90 Å². The Kier molecular flexibility index (Phi) is 5.95. The van der Waals surface area contributed by atoms with Gasteiger partial charge in [-0.05, 0) is 98.1 Å². The number of rotatable bonds is 4. The minimum Gasteiger partial charge on any atom is -0.455 e. The highest BCUT2D eigenvalue weighted by molar-refractivity contribution is 6.15. The van der Waals surface area contributed by atoms with Crippen LogP contribution in [0, 0.1) is 0 Å². The fraction of sp³-hybridized carbons (Fsp3) is 0.0638. The van der Waals surface area contributed by atoms with Crippen molar-refractivity contribution >= 4 is 60.5 Å². The molecule has 1 aliphatic rings. The summed E-state index contributed by atoms with van der Waals surface area (Å²) in [5.41, 5.74) is 12.9. The van der Waals surface area contributed by atoms with E-state index in [0.29, 0.717) is 0 Å². The van der Waals surface area contributed by atoms with Gasteiger partial charge in [0.05, 0.1) is 0 Å². The molecule has 0 spiro atoms. The Balaban J connectivity index is 1.17. The average molecular weight is 628 g/mol. The van der Waals surface area contributed by atoms with Crippen molar-refractivity contribution < 1.29 is 4.42 Å². The lowest BCUT2D eigenvalue weighted by Gasteiger charge is -2.28. The second kappa shape index (κ2) is 10.4. The maximum atomic E-state index is 6.52. The topological polar surface area (TPSA) is 16.4 Å². The summed E-state index contributed by atoms with van der Waals surface area (Å²) in [4.78, 5) is 2.40. The molecule has 10 rings (SSSR count). The lowest BCUT2D eigenvalue weighted by atomic mass is 9.82. The monoisotopic (exact) mass is 627 g/mol. The van der Waals surface area contributed by atoms with Crippen LogP contribution in [-0.2, 0) is 5.41 Å². The third-order valence-electron chi connectivity index (χ3n) is 10.7. The molecular weight excluding hydrogens is 595 g/mol. The zero-order chi connectivity index (χ0) is 32.7. The Hall–Kier alpha value is -6.12. The first kappa shape index (κ1) is 27.9. The Labute approximate surface area is 285 Å². The zero-order valence-electron chi connectivity index (χ0n) is 27.4. The largest absolute Gasteiger partial charge is 0.455 e.